The summed E-state index contributed by atoms with van der Waals surface area (Å²) in [6.07, 6.45) is 5.82. The van der Waals surface area contributed by atoms with Gasteiger partial charge in [0, 0.05) is 50.7 Å². The van der Waals surface area contributed by atoms with Gasteiger partial charge < -0.3 is 14.5 Å². The Morgan fingerprint density at radius 2 is 1.85 bits per heavy atom. The highest BCUT2D eigenvalue weighted by molar-refractivity contribution is 5.83. The first kappa shape index (κ1) is 17.8. The van der Waals surface area contributed by atoms with Crippen molar-refractivity contribution in [3.8, 4) is 0 Å². The second kappa shape index (κ2) is 6.36. The van der Waals surface area contributed by atoms with Gasteiger partial charge in [-0.25, -0.2) is 4.79 Å². The van der Waals surface area contributed by atoms with Crippen LogP contribution in [0.1, 0.15) is 46.0 Å². The maximum absolute atomic E-state index is 12.8. The van der Waals surface area contributed by atoms with E-state index in [2.05, 4.69) is 16.7 Å². The fourth-order valence-electron chi connectivity index (χ4n) is 6.23. The fourth-order valence-corrected chi connectivity index (χ4v) is 6.23. The maximum atomic E-state index is 12.8. The zero-order chi connectivity index (χ0) is 18.8. The molecule has 150 valence electrons. The molecule has 0 bridgehead atoms. The van der Waals surface area contributed by atoms with Gasteiger partial charge in [-0.2, -0.15) is 0 Å². The van der Waals surface area contributed by atoms with Gasteiger partial charge in [-0.3, -0.25) is 9.69 Å². The van der Waals surface area contributed by atoms with Gasteiger partial charge in [0.1, 0.15) is 0 Å². The smallest absolute Gasteiger partial charge is 0.409 e. The molecule has 5 aliphatic rings. The summed E-state index contributed by atoms with van der Waals surface area (Å²) in [5, 5.41) is 0. The van der Waals surface area contributed by atoms with Crippen molar-refractivity contribution in [3.05, 3.63) is 0 Å². The van der Waals surface area contributed by atoms with Crippen molar-refractivity contribution in [2.75, 3.05) is 39.3 Å². The van der Waals surface area contributed by atoms with Crippen molar-refractivity contribution in [1.82, 2.24) is 14.7 Å². The van der Waals surface area contributed by atoms with E-state index < -0.39 is 0 Å². The summed E-state index contributed by atoms with van der Waals surface area (Å²) in [7, 11) is 0. The van der Waals surface area contributed by atoms with Crippen LogP contribution in [-0.2, 0) is 9.53 Å². The maximum Gasteiger partial charge on any atom is 0.409 e. The van der Waals surface area contributed by atoms with E-state index in [-0.39, 0.29) is 6.09 Å². The molecule has 3 atom stereocenters. The quantitative estimate of drug-likeness (QED) is 0.739. The highest BCUT2D eigenvalue weighted by atomic mass is 16.6. The number of carbonyl (C=O) groups is 2. The third-order valence-electron chi connectivity index (χ3n) is 7.94. The van der Waals surface area contributed by atoms with Gasteiger partial charge in [-0.05, 0) is 63.2 Å². The van der Waals surface area contributed by atoms with Crippen LogP contribution in [0.15, 0.2) is 0 Å². The summed E-state index contributed by atoms with van der Waals surface area (Å²) in [6.45, 7) is 9.28. The van der Waals surface area contributed by atoms with Gasteiger partial charge in [0.05, 0.1) is 6.61 Å². The van der Waals surface area contributed by atoms with Crippen molar-refractivity contribution in [2.45, 2.75) is 58.0 Å². The molecule has 27 heavy (non-hydrogen) atoms. The zero-order valence-electron chi connectivity index (χ0n) is 16.7. The number of nitrogens with zero attached hydrogens (tertiary/aromatic N) is 3. The van der Waals surface area contributed by atoms with Crippen LogP contribution in [0.3, 0.4) is 0 Å². The van der Waals surface area contributed by atoms with Gasteiger partial charge in [-0.15, -0.1) is 0 Å². The lowest BCUT2D eigenvalue weighted by molar-refractivity contribution is -0.134. The van der Waals surface area contributed by atoms with E-state index in [4.69, 9.17) is 4.74 Å². The van der Waals surface area contributed by atoms with E-state index >= 15 is 0 Å². The van der Waals surface area contributed by atoms with Crippen LogP contribution < -0.4 is 0 Å². The van der Waals surface area contributed by atoms with Crippen LogP contribution in [0.25, 0.3) is 0 Å². The first-order valence-corrected chi connectivity index (χ1v) is 11.0. The van der Waals surface area contributed by atoms with Crippen molar-refractivity contribution >= 4 is 12.0 Å². The zero-order valence-corrected chi connectivity index (χ0v) is 16.7. The Labute approximate surface area is 162 Å². The van der Waals surface area contributed by atoms with E-state index in [0.29, 0.717) is 47.8 Å². The minimum absolute atomic E-state index is 0.141. The van der Waals surface area contributed by atoms with Crippen molar-refractivity contribution in [3.63, 3.8) is 0 Å². The molecule has 0 radical (unpaired) electrons. The van der Waals surface area contributed by atoms with Crippen molar-refractivity contribution < 1.29 is 14.3 Å². The summed E-state index contributed by atoms with van der Waals surface area (Å²) in [4.78, 5) is 31.4. The SMILES string of the molecule is CCOC(=O)N1CCC2(CC(N3C[C@@H]4[C@H](C3)[C@H]4C(=O)N(CC)C3CC3)C2)C1. The number of ether oxygens (including phenoxy) is 1. The molecule has 0 N–H and O–H groups in total. The lowest BCUT2D eigenvalue weighted by Crippen LogP contribution is -2.52. The molecule has 0 aromatic heterocycles. The largest absolute Gasteiger partial charge is 0.450 e. The standard InChI is InChI=1S/C21H33N3O3/c1-3-24(14-5-6-14)19(25)18-16-11-23(12-17(16)18)15-9-21(10-15)7-8-22(13-21)20(26)27-4-2/h14-18H,3-13H2,1-2H3/t15?,16-,17+,18+,21?. The number of amides is 2. The average molecular weight is 376 g/mol. The Hall–Kier alpha value is -1.30. The molecule has 1 spiro atoms. The van der Waals surface area contributed by atoms with Crippen LogP contribution in [-0.4, -0.2) is 78.1 Å². The van der Waals surface area contributed by atoms with Gasteiger partial charge in [0.25, 0.3) is 0 Å². The van der Waals surface area contributed by atoms with Crippen LogP contribution in [0.5, 0.6) is 0 Å². The van der Waals surface area contributed by atoms with E-state index in [0.717, 1.165) is 39.1 Å². The molecule has 2 saturated heterocycles. The molecular weight excluding hydrogens is 342 g/mol. The highest BCUT2D eigenvalue weighted by Gasteiger charge is 2.63. The third kappa shape index (κ3) is 2.95. The average Bonchev–Trinajstić information content (AvgIpc) is 3.47. The minimum atomic E-state index is -0.141. The predicted octanol–water partition coefficient (Wildman–Crippen LogP) is 2.19. The number of hydrogen-bond donors (Lipinski definition) is 0. The van der Waals surface area contributed by atoms with E-state index in [1.807, 2.05) is 11.8 Å². The van der Waals surface area contributed by atoms with E-state index in [1.165, 1.54) is 25.7 Å². The van der Waals surface area contributed by atoms with Crippen molar-refractivity contribution in [2.24, 2.45) is 23.2 Å². The third-order valence-corrected chi connectivity index (χ3v) is 7.94. The Morgan fingerprint density at radius 1 is 1.15 bits per heavy atom. The summed E-state index contributed by atoms with van der Waals surface area (Å²) in [5.74, 6) is 1.99. The second-order valence-electron chi connectivity index (χ2n) is 9.60. The van der Waals surface area contributed by atoms with Gasteiger partial charge in [0.15, 0.2) is 0 Å². The molecule has 0 unspecified atom stereocenters. The lowest BCUT2D eigenvalue weighted by atomic mass is 9.64. The van der Waals surface area contributed by atoms with Gasteiger partial charge in [0.2, 0.25) is 5.91 Å². The normalized spacial score (nSPS) is 40.0. The molecular formula is C21H33N3O3. The monoisotopic (exact) mass is 375 g/mol. The first-order chi connectivity index (χ1) is 13.0. The molecule has 2 aliphatic heterocycles. The Morgan fingerprint density at radius 3 is 2.44 bits per heavy atom. The predicted molar refractivity (Wildman–Crippen MR) is 101 cm³/mol. The first-order valence-electron chi connectivity index (χ1n) is 11.0. The summed E-state index contributed by atoms with van der Waals surface area (Å²) in [6, 6.07) is 1.22. The molecule has 2 amide bonds. The van der Waals surface area contributed by atoms with Crippen LogP contribution >= 0.6 is 0 Å². The number of rotatable bonds is 5. The number of hydrogen-bond acceptors (Lipinski definition) is 4. The number of piperidine rings is 1. The Kier molecular flexibility index (Phi) is 4.19. The van der Waals surface area contributed by atoms with Crippen LogP contribution in [0.4, 0.5) is 4.79 Å². The summed E-state index contributed by atoms with van der Waals surface area (Å²) < 4.78 is 5.16. The Balaban J connectivity index is 1.09. The number of fused-ring (bicyclic) bond motifs is 1. The second-order valence-corrected chi connectivity index (χ2v) is 9.60. The summed E-state index contributed by atoms with van der Waals surface area (Å²) in [5.41, 5.74) is 0.338. The molecule has 0 aromatic rings. The molecule has 5 fully saturated rings. The lowest BCUT2D eigenvalue weighted by Gasteiger charge is -2.49. The number of likely N-dealkylation sites (tertiary alicyclic amines) is 2. The van der Waals surface area contributed by atoms with Gasteiger partial charge in [-0.1, -0.05) is 0 Å². The molecule has 5 rings (SSSR count). The van der Waals surface area contributed by atoms with Crippen molar-refractivity contribution in [1.29, 1.82) is 0 Å². The molecule has 3 aliphatic carbocycles. The molecule has 6 nitrogen and oxygen atoms in total. The van der Waals surface area contributed by atoms with Crippen LogP contribution in [0.2, 0.25) is 0 Å². The number of carbonyl (C=O) groups excluding carboxylic acids is 2. The van der Waals surface area contributed by atoms with Crippen LogP contribution in [0, 0.1) is 23.2 Å². The molecule has 6 heteroatoms. The fraction of sp³-hybridized carbons (Fsp3) is 0.905. The van der Waals surface area contributed by atoms with Gasteiger partial charge >= 0.3 is 6.09 Å². The summed E-state index contributed by atoms with van der Waals surface area (Å²) >= 11 is 0. The molecule has 3 saturated carbocycles. The minimum Gasteiger partial charge on any atom is -0.450 e. The highest BCUT2D eigenvalue weighted by Crippen LogP contribution is 2.57. The molecule has 2 heterocycles. The van der Waals surface area contributed by atoms with E-state index in [9.17, 15) is 9.59 Å². The molecule has 0 aromatic carbocycles. The topological polar surface area (TPSA) is 53.1 Å². The van der Waals surface area contributed by atoms with E-state index in [1.54, 1.807) is 0 Å². The Bertz CT molecular complexity index is 616.